The van der Waals surface area contributed by atoms with Gasteiger partial charge in [-0.3, -0.25) is 9.59 Å². The maximum absolute atomic E-state index is 13.1. The van der Waals surface area contributed by atoms with Crippen LogP contribution in [0, 0.1) is 5.92 Å². The number of aliphatic carboxylic acids is 1. The van der Waals surface area contributed by atoms with Crippen molar-refractivity contribution in [3.63, 3.8) is 0 Å². The van der Waals surface area contributed by atoms with Gasteiger partial charge in [0.05, 0.1) is 6.04 Å². The third-order valence-corrected chi connectivity index (χ3v) is 7.18. The lowest BCUT2D eigenvalue weighted by atomic mass is 9.96. The molecular weight excluding hydrogens is 470 g/mol. The van der Waals surface area contributed by atoms with Crippen molar-refractivity contribution in [3.05, 3.63) is 52.0 Å². The van der Waals surface area contributed by atoms with Crippen LogP contribution >= 0.6 is 11.3 Å². The maximum Gasteiger partial charge on any atom is 0.338 e. The molecule has 0 saturated carbocycles. The van der Waals surface area contributed by atoms with E-state index in [2.05, 4.69) is 29.5 Å². The van der Waals surface area contributed by atoms with E-state index in [0.29, 0.717) is 23.8 Å². The monoisotopic (exact) mass is 503 g/mol. The Hall–Kier alpha value is -2.82. The molecule has 2 aromatic rings. The first-order chi connectivity index (χ1) is 16.5. The smallest absolute Gasteiger partial charge is 0.338 e. The number of ether oxygens (including phenoxy) is 2. The Kier molecular flexibility index (Phi) is 8.63. The van der Waals surface area contributed by atoms with Gasteiger partial charge in [0.25, 0.3) is 5.91 Å². The number of carboxylic acids is 1. The number of carbonyl (C=O) groups is 3. The van der Waals surface area contributed by atoms with E-state index in [1.165, 1.54) is 25.2 Å². The van der Waals surface area contributed by atoms with Gasteiger partial charge in [-0.15, -0.1) is 11.3 Å². The van der Waals surface area contributed by atoms with Gasteiger partial charge in [-0.1, -0.05) is 44.2 Å². The quantitative estimate of drug-likeness (QED) is 0.298. The van der Waals surface area contributed by atoms with E-state index >= 15 is 0 Å². The Morgan fingerprint density at radius 3 is 2.49 bits per heavy atom. The number of epoxide rings is 1. The summed E-state index contributed by atoms with van der Waals surface area (Å²) in [6, 6.07) is 9.02. The minimum Gasteiger partial charge on any atom is -0.479 e. The first-order valence-electron chi connectivity index (χ1n) is 11.6. The van der Waals surface area contributed by atoms with Crippen LogP contribution in [0.1, 0.15) is 61.3 Å². The highest BCUT2D eigenvalue weighted by molar-refractivity contribution is 7.09. The Morgan fingerprint density at radius 1 is 1.26 bits per heavy atom. The molecule has 0 spiro atoms. The van der Waals surface area contributed by atoms with Gasteiger partial charge < -0.3 is 25.2 Å². The number of hydrogen-bond donors (Lipinski definition) is 3. The van der Waals surface area contributed by atoms with Gasteiger partial charge in [0.1, 0.15) is 16.8 Å². The fraction of sp³-hybridized carbons (Fsp3) is 0.520. The lowest BCUT2D eigenvalue weighted by Gasteiger charge is -2.24. The summed E-state index contributed by atoms with van der Waals surface area (Å²) in [5.41, 5.74) is -0.218. The van der Waals surface area contributed by atoms with Crippen LogP contribution in [0.15, 0.2) is 35.7 Å². The summed E-state index contributed by atoms with van der Waals surface area (Å²) >= 11 is 1.25. The lowest BCUT2D eigenvalue weighted by molar-refractivity contribution is -0.147. The van der Waals surface area contributed by atoms with E-state index in [1.54, 1.807) is 5.38 Å². The molecule has 5 atom stereocenters. The molecule has 9 nitrogen and oxygen atoms in total. The standard InChI is InChI=1S/C25H33N3O6S/c1-14(2)17(26-5)12-20(33-15(3)29)23-28-19(13-35-23)22(30)27-18(11-16-9-7-6-8-10-16)21-25(4,34-21)24(31)32/h6-10,13-14,17-18,20-21,26H,11-12H2,1-5H3,(H,27,30)(H,31,32)/t17-,18+,20-,21?,25?/m1/s1. The van der Waals surface area contributed by atoms with Crippen LogP contribution in [0.5, 0.6) is 0 Å². The van der Waals surface area contributed by atoms with Gasteiger partial charge >= 0.3 is 11.9 Å². The molecule has 3 rings (SSSR count). The number of rotatable bonds is 12. The van der Waals surface area contributed by atoms with Crippen molar-refractivity contribution in [3.8, 4) is 0 Å². The minimum absolute atomic E-state index is 0.0940. The molecule has 1 saturated heterocycles. The van der Waals surface area contributed by atoms with Crippen LogP contribution < -0.4 is 10.6 Å². The summed E-state index contributed by atoms with van der Waals surface area (Å²) in [6.07, 6.45) is -0.323. The zero-order valence-electron chi connectivity index (χ0n) is 20.6. The second-order valence-corrected chi connectivity index (χ2v) is 10.2. The van der Waals surface area contributed by atoms with Gasteiger partial charge in [0, 0.05) is 24.8 Å². The largest absolute Gasteiger partial charge is 0.479 e. The minimum atomic E-state index is -1.35. The number of carbonyl (C=O) groups excluding carboxylic acids is 2. The van der Waals surface area contributed by atoms with E-state index in [1.807, 2.05) is 37.4 Å². The molecule has 0 radical (unpaired) electrons. The van der Waals surface area contributed by atoms with Crippen LogP contribution in [0.2, 0.25) is 0 Å². The average Bonchev–Trinajstić information content (AvgIpc) is 3.26. The van der Waals surface area contributed by atoms with Crippen molar-refractivity contribution in [2.75, 3.05) is 7.05 Å². The Balaban J connectivity index is 1.77. The third-order valence-electron chi connectivity index (χ3n) is 6.24. The Morgan fingerprint density at radius 2 is 1.94 bits per heavy atom. The number of aromatic nitrogens is 1. The van der Waals surface area contributed by atoms with Crippen molar-refractivity contribution in [2.24, 2.45) is 5.92 Å². The zero-order valence-corrected chi connectivity index (χ0v) is 21.4. The fourth-order valence-corrected chi connectivity index (χ4v) is 4.94. The van der Waals surface area contributed by atoms with Crippen molar-refractivity contribution < 1.29 is 29.0 Å². The molecule has 2 heterocycles. The number of nitrogens with zero attached hydrogens (tertiary/aromatic N) is 1. The Bertz CT molecular complexity index is 1040. The van der Waals surface area contributed by atoms with Crippen molar-refractivity contribution in [1.82, 2.24) is 15.6 Å². The predicted octanol–water partition coefficient (Wildman–Crippen LogP) is 2.96. The molecule has 1 aliphatic rings. The van der Waals surface area contributed by atoms with E-state index in [9.17, 15) is 19.5 Å². The van der Waals surface area contributed by atoms with Crippen molar-refractivity contribution in [1.29, 1.82) is 0 Å². The first kappa shape index (κ1) is 26.8. The summed E-state index contributed by atoms with van der Waals surface area (Å²) in [4.78, 5) is 40.9. The van der Waals surface area contributed by atoms with Gasteiger partial charge in [-0.05, 0) is 31.9 Å². The molecule has 1 fully saturated rings. The molecule has 1 aromatic carbocycles. The molecule has 0 aliphatic carbocycles. The predicted molar refractivity (Wildman–Crippen MR) is 131 cm³/mol. The average molecular weight is 504 g/mol. The molecule has 3 N–H and O–H groups in total. The van der Waals surface area contributed by atoms with E-state index in [0.717, 1.165) is 5.56 Å². The molecule has 0 bridgehead atoms. The summed E-state index contributed by atoms with van der Waals surface area (Å²) in [7, 11) is 1.86. The fourth-order valence-electron chi connectivity index (χ4n) is 4.11. The van der Waals surface area contributed by atoms with Crippen LogP contribution in [-0.2, 0) is 25.5 Å². The Labute approximate surface area is 209 Å². The second kappa shape index (κ2) is 11.3. The highest BCUT2D eigenvalue weighted by atomic mass is 32.1. The molecule has 190 valence electrons. The van der Waals surface area contributed by atoms with Gasteiger partial charge in [0.15, 0.2) is 11.7 Å². The van der Waals surface area contributed by atoms with Gasteiger partial charge in [-0.2, -0.15) is 0 Å². The number of hydrogen-bond acceptors (Lipinski definition) is 8. The van der Waals surface area contributed by atoms with Crippen molar-refractivity contribution in [2.45, 2.75) is 70.4 Å². The number of nitrogens with one attached hydrogen (secondary N) is 2. The van der Waals surface area contributed by atoms with Crippen molar-refractivity contribution >= 4 is 29.2 Å². The van der Waals surface area contributed by atoms with Crippen LogP contribution in [0.4, 0.5) is 0 Å². The van der Waals surface area contributed by atoms with E-state index in [-0.39, 0.29) is 11.7 Å². The number of benzene rings is 1. The summed E-state index contributed by atoms with van der Waals surface area (Å²) in [5.74, 6) is -1.62. The van der Waals surface area contributed by atoms with E-state index < -0.39 is 41.7 Å². The second-order valence-electron chi connectivity index (χ2n) is 9.26. The van der Waals surface area contributed by atoms with Crippen LogP contribution in [0.25, 0.3) is 0 Å². The third kappa shape index (κ3) is 6.65. The highest BCUT2D eigenvalue weighted by Gasteiger charge is 2.62. The summed E-state index contributed by atoms with van der Waals surface area (Å²) in [6.45, 7) is 7.00. The molecule has 10 heteroatoms. The first-order valence-corrected chi connectivity index (χ1v) is 12.5. The molecule has 1 amide bonds. The number of esters is 1. The zero-order chi connectivity index (χ0) is 25.8. The molecule has 1 aliphatic heterocycles. The van der Waals surface area contributed by atoms with E-state index in [4.69, 9.17) is 9.47 Å². The number of amides is 1. The number of thiazole rings is 1. The SMILES string of the molecule is CN[C@H](C[C@@H](OC(C)=O)c1nc(C(=O)N[C@@H](Cc2ccccc2)C2OC2(C)C(=O)O)cs1)C(C)C. The van der Waals surface area contributed by atoms with Crippen LogP contribution in [0.3, 0.4) is 0 Å². The molecule has 1 aromatic heterocycles. The summed E-state index contributed by atoms with van der Waals surface area (Å²) < 4.78 is 11.0. The summed E-state index contributed by atoms with van der Waals surface area (Å²) in [5, 5.41) is 17.8. The number of carboxylic acid groups (broad SMARTS) is 1. The lowest BCUT2D eigenvalue weighted by Crippen LogP contribution is -2.44. The van der Waals surface area contributed by atoms with Gasteiger partial charge in [0.2, 0.25) is 0 Å². The molecular formula is C25H33N3O6S. The van der Waals surface area contributed by atoms with Gasteiger partial charge in [-0.25, -0.2) is 9.78 Å². The molecule has 35 heavy (non-hydrogen) atoms. The molecule has 2 unspecified atom stereocenters. The topological polar surface area (TPSA) is 130 Å². The normalized spacial score (nSPS) is 21.7. The van der Waals surface area contributed by atoms with Crippen LogP contribution in [-0.4, -0.2) is 58.8 Å². The maximum atomic E-state index is 13.1. The highest BCUT2D eigenvalue weighted by Crippen LogP contribution is 2.40.